The summed E-state index contributed by atoms with van der Waals surface area (Å²) in [5.41, 5.74) is 0.441. The molecule has 122 valence electrons. The van der Waals surface area contributed by atoms with Gasteiger partial charge < -0.3 is 14.4 Å². The Morgan fingerprint density at radius 1 is 1.30 bits per heavy atom. The van der Waals surface area contributed by atoms with Gasteiger partial charge in [0, 0.05) is 17.0 Å². The molecule has 1 aromatic heterocycles. The Labute approximate surface area is 139 Å². The van der Waals surface area contributed by atoms with E-state index in [2.05, 4.69) is 5.10 Å². The van der Waals surface area contributed by atoms with Gasteiger partial charge in [0.15, 0.2) is 0 Å². The Bertz CT molecular complexity index is 771. The zero-order chi connectivity index (χ0) is 17.0. The first-order chi connectivity index (χ1) is 10.6. The van der Waals surface area contributed by atoms with Crippen LogP contribution in [0.4, 0.5) is 0 Å². The lowest BCUT2D eigenvalue weighted by Crippen LogP contribution is -2.41. The highest BCUT2D eigenvalue weighted by atomic mass is 35.5. The van der Waals surface area contributed by atoms with E-state index in [-0.39, 0.29) is 6.54 Å². The van der Waals surface area contributed by atoms with Crippen LogP contribution in [0, 0.1) is 0 Å². The average molecular weight is 337 g/mol. The number of halogens is 1. The molecule has 3 rings (SSSR count). The van der Waals surface area contributed by atoms with Crippen LogP contribution in [0.25, 0.3) is 10.9 Å². The minimum atomic E-state index is -0.958. The number of carboxylic acid groups (broad SMARTS) is 1. The average Bonchev–Trinajstić information content (AvgIpc) is 2.88. The normalized spacial score (nSPS) is 19.4. The zero-order valence-electron chi connectivity index (χ0n) is 13.5. The van der Waals surface area contributed by atoms with Crippen LogP contribution in [0.15, 0.2) is 18.3 Å². The Balaban J connectivity index is 2.00. The highest BCUT2D eigenvalue weighted by molar-refractivity contribution is 6.66. The van der Waals surface area contributed by atoms with Gasteiger partial charge in [0.25, 0.3) is 0 Å². The number of benzene rings is 1. The van der Waals surface area contributed by atoms with E-state index in [1.54, 1.807) is 12.3 Å². The van der Waals surface area contributed by atoms with E-state index in [9.17, 15) is 4.79 Å². The molecule has 1 N–H and O–H groups in total. The Morgan fingerprint density at radius 3 is 2.48 bits per heavy atom. The third-order valence-electron chi connectivity index (χ3n) is 4.51. The number of hydrogen-bond acceptors (Lipinski definition) is 4. The van der Waals surface area contributed by atoms with Gasteiger partial charge in [-0.3, -0.25) is 9.48 Å². The summed E-state index contributed by atoms with van der Waals surface area (Å²) in [6, 6.07) is 3.60. The summed E-state index contributed by atoms with van der Waals surface area (Å²) in [6.07, 6.45) is 1.63. The number of hydrogen-bond donors (Lipinski definition) is 1. The smallest absolute Gasteiger partial charge is 0.480 e. The second-order valence-corrected chi connectivity index (χ2v) is 7.09. The second-order valence-electron chi connectivity index (χ2n) is 6.71. The fourth-order valence-corrected chi connectivity index (χ4v) is 2.80. The van der Waals surface area contributed by atoms with Crippen LogP contribution in [-0.4, -0.2) is 39.2 Å². The van der Waals surface area contributed by atoms with Crippen molar-refractivity contribution in [1.29, 1.82) is 0 Å². The van der Waals surface area contributed by atoms with Gasteiger partial charge in [-0.05, 0) is 33.8 Å². The van der Waals surface area contributed by atoms with Crippen LogP contribution in [0.2, 0.25) is 5.02 Å². The van der Waals surface area contributed by atoms with E-state index in [1.807, 2.05) is 33.8 Å². The molecule has 1 fully saturated rings. The Kier molecular flexibility index (Phi) is 3.70. The Hall–Kier alpha value is -1.57. The molecule has 0 unspecified atom stereocenters. The summed E-state index contributed by atoms with van der Waals surface area (Å²) < 4.78 is 13.4. The number of aliphatic carboxylic acids is 1. The molecule has 0 saturated carbocycles. The van der Waals surface area contributed by atoms with Crippen molar-refractivity contribution >= 4 is 41.1 Å². The summed E-state index contributed by atoms with van der Waals surface area (Å²) in [4.78, 5) is 10.8. The van der Waals surface area contributed by atoms with Crippen molar-refractivity contribution < 1.29 is 19.2 Å². The fraction of sp³-hybridized carbons (Fsp3) is 0.467. The molecular formula is C15H18BClN2O4. The molecule has 0 bridgehead atoms. The maximum Gasteiger partial charge on any atom is 0.496 e. The quantitative estimate of drug-likeness (QED) is 0.869. The molecule has 1 aliphatic heterocycles. The summed E-state index contributed by atoms with van der Waals surface area (Å²) in [6.45, 7) is 7.69. The predicted octanol–water partition coefficient (Wildman–Crippen LogP) is 2.07. The zero-order valence-corrected chi connectivity index (χ0v) is 14.2. The maximum atomic E-state index is 10.8. The SMILES string of the molecule is CC1(C)OB(c2ccc3nn(CC(=O)O)cc3c2Cl)OC1(C)C. The lowest BCUT2D eigenvalue weighted by Gasteiger charge is -2.32. The van der Waals surface area contributed by atoms with Crippen LogP contribution < -0.4 is 5.46 Å². The molecule has 2 aromatic rings. The van der Waals surface area contributed by atoms with Crippen molar-refractivity contribution in [2.75, 3.05) is 0 Å². The van der Waals surface area contributed by atoms with E-state index >= 15 is 0 Å². The largest absolute Gasteiger partial charge is 0.496 e. The van der Waals surface area contributed by atoms with E-state index in [0.717, 1.165) is 0 Å². The van der Waals surface area contributed by atoms with Crippen molar-refractivity contribution in [3.05, 3.63) is 23.4 Å². The number of aromatic nitrogens is 2. The molecule has 2 heterocycles. The molecule has 1 saturated heterocycles. The van der Waals surface area contributed by atoms with Gasteiger partial charge >= 0.3 is 13.1 Å². The first-order valence-corrected chi connectivity index (χ1v) is 7.71. The standard InChI is InChI=1S/C15H18BClN2O4/c1-14(2)15(3,4)23-16(22-14)10-5-6-11-9(13(10)17)7-19(18-11)8-12(20)21/h5-7H,8H2,1-4H3,(H,20,21). The second kappa shape index (κ2) is 5.23. The number of carbonyl (C=O) groups is 1. The molecule has 0 aliphatic carbocycles. The number of fused-ring (bicyclic) bond motifs is 1. The summed E-state index contributed by atoms with van der Waals surface area (Å²) in [5.74, 6) is -0.958. The molecule has 8 heteroatoms. The summed E-state index contributed by atoms with van der Waals surface area (Å²) in [7, 11) is -0.570. The molecule has 6 nitrogen and oxygen atoms in total. The molecule has 0 amide bonds. The first kappa shape index (κ1) is 16.3. The minimum absolute atomic E-state index is 0.211. The van der Waals surface area contributed by atoms with Crippen LogP contribution >= 0.6 is 11.6 Å². The molecule has 1 aliphatic rings. The van der Waals surface area contributed by atoms with Crippen molar-refractivity contribution in [3.8, 4) is 0 Å². The minimum Gasteiger partial charge on any atom is -0.480 e. The molecule has 23 heavy (non-hydrogen) atoms. The monoisotopic (exact) mass is 336 g/mol. The molecular weight excluding hydrogens is 318 g/mol. The molecule has 0 atom stereocenters. The summed E-state index contributed by atoms with van der Waals surface area (Å²) in [5, 5.41) is 14.2. The topological polar surface area (TPSA) is 73.6 Å². The van der Waals surface area contributed by atoms with E-state index in [4.69, 9.17) is 26.0 Å². The summed E-state index contributed by atoms with van der Waals surface area (Å²) >= 11 is 6.50. The van der Waals surface area contributed by atoms with Crippen LogP contribution in [-0.2, 0) is 20.6 Å². The van der Waals surface area contributed by atoms with Gasteiger partial charge in [-0.1, -0.05) is 17.7 Å². The lowest BCUT2D eigenvalue weighted by atomic mass is 9.78. The third-order valence-corrected chi connectivity index (χ3v) is 4.93. The van der Waals surface area contributed by atoms with E-state index in [0.29, 0.717) is 21.4 Å². The van der Waals surface area contributed by atoms with Gasteiger partial charge in [-0.25, -0.2) is 0 Å². The number of nitrogens with zero attached hydrogens (tertiary/aromatic N) is 2. The van der Waals surface area contributed by atoms with Crippen LogP contribution in [0.5, 0.6) is 0 Å². The van der Waals surface area contributed by atoms with Gasteiger partial charge in [0.1, 0.15) is 6.54 Å². The van der Waals surface area contributed by atoms with E-state index in [1.165, 1.54) is 4.68 Å². The predicted molar refractivity (Wildman–Crippen MR) is 88.1 cm³/mol. The van der Waals surface area contributed by atoms with Crippen LogP contribution in [0.1, 0.15) is 27.7 Å². The van der Waals surface area contributed by atoms with Gasteiger partial charge in [0.05, 0.1) is 21.7 Å². The third kappa shape index (κ3) is 2.73. The van der Waals surface area contributed by atoms with Crippen LogP contribution in [0.3, 0.4) is 0 Å². The van der Waals surface area contributed by atoms with Crippen molar-refractivity contribution in [3.63, 3.8) is 0 Å². The number of rotatable bonds is 3. The lowest BCUT2D eigenvalue weighted by molar-refractivity contribution is -0.137. The highest BCUT2D eigenvalue weighted by Gasteiger charge is 2.52. The molecule has 1 aromatic carbocycles. The number of carboxylic acids is 1. The van der Waals surface area contributed by atoms with E-state index < -0.39 is 24.3 Å². The highest BCUT2D eigenvalue weighted by Crippen LogP contribution is 2.37. The molecule has 0 radical (unpaired) electrons. The maximum absolute atomic E-state index is 10.8. The first-order valence-electron chi connectivity index (χ1n) is 7.34. The Morgan fingerprint density at radius 2 is 1.91 bits per heavy atom. The van der Waals surface area contributed by atoms with Gasteiger partial charge in [0.2, 0.25) is 0 Å². The van der Waals surface area contributed by atoms with Crippen molar-refractivity contribution in [2.45, 2.75) is 45.4 Å². The van der Waals surface area contributed by atoms with Crippen molar-refractivity contribution in [1.82, 2.24) is 9.78 Å². The molecule has 0 spiro atoms. The van der Waals surface area contributed by atoms with Crippen molar-refractivity contribution in [2.24, 2.45) is 0 Å². The van der Waals surface area contributed by atoms with Gasteiger partial charge in [-0.15, -0.1) is 0 Å². The van der Waals surface area contributed by atoms with Gasteiger partial charge in [-0.2, -0.15) is 5.10 Å². The fourth-order valence-electron chi connectivity index (χ4n) is 2.50.